The van der Waals surface area contributed by atoms with Crippen LogP contribution < -0.4 is 5.32 Å². The first-order valence-corrected chi connectivity index (χ1v) is 25.2. The second-order valence-corrected chi connectivity index (χ2v) is 17.5. The number of hydrogen-bond donors (Lipinski definition) is 5. The Balaban J connectivity index is 3.62. The molecule has 57 heavy (non-hydrogen) atoms. The van der Waals surface area contributed by atoms with E-state index in [4.69, 9.17) is 0 Å². The minimum atomic E-state index is -1.29. The molecule has 0 aromatic carbocycles. The molecule has 0 fully saturated rings. The van der Waals surface area contributed by atoms with Crippen molar-refractivity contribution in [1.82, 2.24) is 5.32 Å². The van der Waals surface area contributed by atoms with Crippen LogP contribution in [-0.2, 0) is 4.79 Å². The molecule has 0 aromatic rings. The minimum absolute atomic E-state index is 0.362. The third-order valence-corrected chi connectivity index (χ3v) is 11.9. The second-order valence-electron chi connectivity index (χ2n) is 17.5. The zero-order valence-electron chi connectivity index (χ0n) is 38.1. The van der Waals surface area contributed by atoms with Crippen molar-refractivity contribution in [3.63, 3.8) is 0 Å². The van der Waals surface area contributed by atoms with Crippen LogP contribution in [0.2, 0.25) is 0 Å². The van der Waals surface area contributed by atoms with Crippen molar-refractivity contribution in [2.75, 3.05) is 6.61 Å². The number of hydrogen-bond acceptors (Lipinski definition) is 5. The van der Waals surface area contributed by atoms with Gasteiger partial charge in [-0.05, 0) is 51.4 Å². The van der Waals surface area contributed by atoms with Gasteiger partial charge >= 0.3 is 0 Å². The fourth-order valence-corrected chi connectivity index (χ4v) is 7.89. The summed E-state index contributed by atoms with van der Waals surface area (Å²) in [5.74, 6) is -0.598. The molecule has 0 aliphatic heterocycles. The molecule has 5 N–H and O–H groups in total. The zero-order valence-corrected chi connectivity index (χ0v) is 38.1. The van der Waals surface area contributed by atoms with E-state index in [1.165, 1.54) is 193 Å². The van der Waals surface area contributed by atoms with Crippen LogP contribution in [0.5, 0.6) is 0 Å². The molecule has 0 rings (SSSR count). The Morgan fingerprint density at radius 3 is 1.11 bits per heavy atom. The molecule has 0 heterocycles. The number of allylic oxidation sites excluding steroid dienone is 4. The van der Waals surface area contributed by atoms with Crippen LogP contribution in [0, 0.1) is 0 Å². The van der Waals surface area contributed by atoms with Gasteiger partial charge in [0.25, 0.3) is 0 Å². The summed E-state index contributed by atoms with van der Waals surface area (Å²) in [5, 5.41) is 43.6. The van der Waals surface area contributed by atoms with Gasteiger partial charge in [0, 0.05) is 0 Å². The summed E-state index contributed by atoms with van der Waals surface area (Å²) in [6, 6.07) is -1.00. The van der Waals surface area contributed by atoms with Gasteiger partial charge in [-0.2, -0.15) is 0 Å². The summed E-state index contributed by atoms with van der Waals surface area (Å²) in [4.78, 5) is 12.5. The number of amides is 1. The SMILES string of the molecule is CCCCCCCCCCCCCCCCCCCCCCCC/C=C/CC/C=C/CCCC(O)C(O)C(CO)NC(=O)C(O)CCCCCCCCCCCC. The number of rotatable bonds is 46. The van der Waals surface area contributed by atoms with Gasteiger partial charge in [0.2, 0.25) is 5.91 Å². The van der Waals surface area contributed by atoms with Gasteiger partial charge in [-0.3, -0.25) is 4.79 Å². The van der Waals surface area contributed by atoms with Crippen molar-refractivity contribution >= 4 is 5.91 Å². The Morgan fingerprint density at radius 1 is 0.421 bits per heavy atom. The maximum absolute atomic E-state index is 12.5. The standard InChI is InChI=1S/C51H99NO5/c1-3-5-7-9-11-13-15-16-17-18-19-20-21-22-23-24-25-26-27-28-29-30-31-32-33-34-35-37-38-40-42-44-48(54)50(56)47(46-53)52-51(57)49(55)45-43-41-39-36-14-12-10-8-6-4-2/h32-33,37-38,47-50,53-56H,3-31,34-36,39-46H2,1-2H3,(H,52,57)/b33-32+,38-37+. The van der Waals surface area contributed by atoms with Crippen LogP contribution in [0.4, 0.5) is 0 Å². The van der Waals surface area contributed by atoms with Gasteiger partial charge in [0.1, 0.15) is 12.2 Å². The highest BCUT2D eigenvalue weighted by Gasteiger charge is 2.28. The third-order valence-electron chi connectivity index (χ3n) is 11.9. The summed E-state index contributed by atoms with van der Waals surface area (Å²) >= 11 is 0. The molecule has 338 valence electrons. The smallest absolute Gasteiger partial charge is 0.249 e. The molecule has 0 aliphatic rings. The first kappa shape index (κ1) is 55.8. The predicted molar refractivity (Wildman–Crippen MR) is 247 cm³/mol. The van der Waals surface area contributed by atoms with E-state index in [1.807, 2.05) is 0 Å². The number of unbranched alkanes of at least 4 members (excludes halogenated alkanes) is 33. The maximum atomic E-state index is 12.5. The zero-order chi connectivity index (χ0) is 41.7. The van der Waals surface area contributed by atoms with Gasteiger partial charge in [0.15, 0.2) is 0 Å². The summed E-state index contributed by atoms with van der Waals surface area (Å²) < 4.78 is 0. The lowest BCUT2D eigenvalue weighted by Crippen LogP contribution is -2.53. The third kappa shape index (κ3) is 40.0. The van der Waals surface area contributed by atoms with Crippen molar-refractivity contribution in [3.05, 3.63) is 24.3 Å². The second kappa shape index (κ2) is 45.9. The van der Waals surface area contributed by atoms with Gasteiger partial charge in [-0.25, -0.2) is 0 Å². The van der Waals surface area contributed by atoms with Crippen LogP contribution in [0.1, 0.15) is 264 Å². The Kier molecular flexibility index (Phi) is 44.9. The Hall–Kier alpha value is -1.21. The van der Waals surface area contributed by atoms with Crippen molar-refractivity contribution in [2.45, 2.75) is 289 Å². The van der Waals surface area contributed by atoms with Crippen molar-refractivity contribution in [3.8, 4) is 0 Å². The number of aliphatic hydroxyl groups excluding tert-OH is 4. The van der Waals surface area contributed by atoms with Crippen LogP contribution in [0.25, 0.3) is 0 Å². The van der Waals surface area contributed by atoms with Crippen molar-refractivity contribution < 1.29 is 25.2 Å². The van der Waals surface area contributed by atoms with E-state index in [0.29, 0.717) is 19.3 Å². The molecule has 6 nitrogen and oxygen atoms in total. The van der Waals surface area contributed by atoms with E-state index in [2.05, 4.69) is 43.5 Å². The molecule has 0 aliphatic carbocycles. The van der Waals surface area contributed by atoms with Crippen molar-refractivity contribution in [1.29, 1.82) is 0 Å². The lowest BCUT2D eigenvalue weighted by Gasteiger charge is -2.27. The molecule has 0 saturated carbocycles. The molecule has 6 heteroatoms. The Labute approximate surface area is 354 Å². The van der Waals surface area contributed by atoms with E-state index in [1.54, 1.807) is 0 Å². The molecular weight excluding hydrogens is 707 g/mol. The van der Waals surface area contributed by atoms with E-state index in [-0.39, 0.29) is 0 Å². The van der Waals surface area contributed by atoms with Gasteiger partial charge in [0.05, 0.1) is 18.8 Å². The van der Waals surface area contributed by atoms with Crippen LogP contribution >= 0.6 is 0 Å². The first-order chi connectivity index (χ1) is 28.0. The molecule has 0 aromatic heterocycles. The van der Waals surface area contributed by atoms with E-state index >= 15 is 0 Å². The molecular formula is C51H99NO5. The molecule has 4 unspecified atom stereocenters. The average molecular weight is 806 g/mol. The first-order valence-electron chi connectivity index (χ1n) is 25.2. The summed E-state index contributed by atoms with van der Waals surface area (Å²) in [6.45, 7) is 4.03. The van der Waals surface area contributed by atoms with E-state index < -0.39 is 36.9 Å². The lowest BCUT2D eigenvalue weighted by molar-refractivity contribution is -0.132. The molecule has 1 amide bonds. The van der Waals surface area contributed by atoms with Gasteiger partial charge in [-0.15, -0.1) is 0 Å². The largest absolute Gasteiger partial charge is 0.394 e. The fraction of sp³-hybridized carbons (Fsp3) is 0.902. The van der Waals surface area contributed by atoms with Gasteiger partial charge < -0.3 is 25.7 Å². The monoisotopic (exact) mass is 806 g/mol. The highest BCUT2D eigenvalue weighted by Crippen LogP contribution is 2.17. The normalized spacial score (nSPS) is 14.1. The summed E-state index contributed by atoms with van der Waals surface area (Å²) in [6.07, 6.45) is 54.0. The number of carbonyl (C=O) groups excluding carboxylic acids is 1. The van der Waals surface area contributed by atoms with E-state index in [9.17, 15) is 25.2 Å². The average Bonchev–Trinajstić information content (AvgIpc) is 3.22. The van der Waals surface area contributed by atoms with E-state index in [0.717, 1.165) is 38.5 Å². The molecule has 4 atom stereocenters. The predicted octanol–water partition coefficient (Wildman–Crippen LogP) is 13.9. The maximum Gasteiger partial charge on any atom is 0.249 e. The quantitative estimate of drug-likeness (QED) is 0.0311. The summed E-state index contributed by atoms with van der Waals surface area (Å²) in [5.41, 5.74) is 0. The number of carbonyl (C=O) groups is 1. The summed E-state index contributed by atoms with van der Waals surface area (Å²) in [7, 11) is 0. The molecule has 0 radical (unpaired) electrons. The van der Waals surface area contributed by atoms with Crippen molar-refractivity contribution in [2.24, 2.45) is 0 Å². The topological polar surface area (TPSA) is 110 Å². The van der Waals surface area contributed by atoms with Crippen LogP contribution in [0.3, 0.4) is 0 Å². The number of aliphatic hydroxyl groups is 4. The number of nitrogens with one attached hydrogen (secondary N) is 1. The molecule has 0 bridgehead atoms. The van der Waals surface area contributed by atoms with Crippen LogP contribution in [0.15, 0.2) is 24.3 Å². The molecule has 0 saturated heterocycles. The van der Waals surface area contributed by atoms with Gasteiger partial charge in [-0.1, -0.05) is 237 Å². The van der Waals surface area contributed by atoms with Crippen LogP contribution in [-0.4, -0.2) is 57.3 Å². The lowest BCUT2D eigenvalue weighted by atomic mass is 10.00. The minimum Gasteiger partial charge on any atom is -0.394 e. The Bertz CT molecular complexity index is 863. The Morgan fingerprint density at radius 2 is 0.737 bits per heavy atom. The molecule has 0 spiro atoms. The highest BCUT2D eigenvalue weighted by atomic mass is 16.3. The highest BCUT2D eigenvalue weighted by molar-refractivity contribution is 5.80. The fourth-order valence-electron chi connectivity index (χ4n) is 7.89.